The molecule has 0 aliphatic carbocycles. The third-order valence-electron chi connectivity index (χ3n) is 12.2. The lowest BCUT2D eigenvalue weighted by Gasteiger charge is -2.44. The van der Waals surface area contributed by atoms with Crippen LogP contribution in [0.1, 0.15) is 83.8 Å². The monoisotopic (exact) mass is 858 g/mol. The Bertz CT molecular complexity index is 2090. The van der Waals surface area contributed by atoms with E-state index in [1.165, 1.54) is 0 Å². The van der Waals surface area contributed by atoms with Gasteiger partial charge in [-0.05, 0) is 71.3 Å². The number of methoxy groups -OCH3 is 1. The maximum Gasteiger partial charge on any atom is 0.262 e. The van der Waals surface area contributed by atoms with Crippen LogP contribution >= 0.6 is 0 Å². The predicted octanol–water partition coefficient (Wildman–Crippen LogP) is 5.42. The first-order valence-corrected chi connectivity index (χ1v) is 23.9. The molecule has 2 heterocycles. The Kier molecular flexibility index (Phi) is 15.5. The minimum absolute atomic E-state index is 0.0130. The van der Waals surface area contributed by atoms with Crippen molar-refractivity contribution in [3.05, 3.63) is 126 Å². The van der Waals surface area contributed by atoms with E-state index in [0.29, 0.717) is 50.8 Å². The highest BCUT2D eigenvalue weighted by Gasteiger charge is 2.51. The van der Waals surface area contributed by atoms with Crippen molar-refractivity contribution in [3.8, 4) is 5.75 Å². The van der Waals surface area contributed by atoms with Crippen molar-refractivity contribution in [2.24, 2.45) is 0 Å². The van der Waals surface area contributed by atoms with Crippen LogP contribution in [0, 0.1) is 0 Å². The Morgan fingerprint density at radius 3 is 1.82 bits per heavy atom. The SMILES string of the molecule is COc1ccc(C[C@H]2NC(=O)[C@H](CCCCCC(=O)[C@H](C)O[Si](c3ccccc3)(c3ccccc3)C(C)(C)C)NC(=O)[C@H]3CCCN3C(=O)[C@H](Cc3ccccc3)NC2=O)cc1. The van der Waals surface area contributed by atoms with Crippen LogP contribution in [-0.2, 0) is 41.2 Å². The van der Waals surface area contributed by atoms with Crippen molar-refractivity contribution < 1.29 is 33.1 Å². The second-order valence-corrected chi connectivity index (χ2v) is 21.9. The first-order valence-electron chi connectivity index (χ1n) is 22.0. The summed E-state index contributed by atoms with van der Waals surface area (Å²) in [6, 6.07) is 33.5. The number of unbranched alkanes of at least 4 members (excludes halogenated alkanes) is 2. The van der Waals surface area contributed by atoms with E-state index in [0.717, 1.165) is 21.5 Å². The van der Waals surface area contributed by atoms with E-state index in [4.69, 9.17) is 9.16 Å². The van der Waals surface area contributed by atoms with Crippen LogP contribution in [-0.4, -0.2) is 86.6 Å². The van der Waals surface area contributed by atoms with Crippen LogP contribution in [0.4, 0.5) is 0 Å². The number of hydrogen-bond donors (Lipinski definition) is 3. The van der Waals surface area contributed by atoms with E-state index < -0.39 is 56.3 Å². The first-order chi connectivity index (χ1) is 29.8. The minimum atomic E-state index is -2.93. The molecule has 62 heavy (non-hydrogen) atoms. The highest BCUT2D eigenvalue weighted by molar-refractivity contribution is 6.99. The quantitative estimate of drug-likeness (QED) is 0.101. The number of fused-ring (bicyclic) bond motifs is 1. The molecule has 2 aliphatic rings. The topological polar surface area (TPSA) is 143 Å². The Morgan fingerprint density at radius 2 is 1.23 bits per heavy atom. The van der Waals surface area contributed by atoms with Crippen molar-refractivity contribution in [2.75, 3.05) is 13.7 Å². The van der Waals surface area contributed by atoms with Crippen molar-refractivity contribution in [1.29, 1.82) is 0 Å². The van der Waals surface area contributed by atoms with Gasteiger partial charge in [0.25, 0.3) is 8.32 Å². The number of Topliss-reactive ketones (excluding diaryl/α,β-unsaturated/α-hetero) is 1. The smallest absolute Gasteiger partial charge is 0.262 e. The van der Waals surface area contributed by atoms with E-state index in [-0.39, 0.29) is 36.0 Å². The molecule has 2 saturated heterocycles. The number of hydrogen-bond acceptors (Lipinski definition) is 7. The number of carbonyl (C=O) groups is 5. The van der Waals surface area contributed by atoms with Crippen LogP contribution in [0.3, 0.4) is 0 Å². The molecule has 328 valence electrons. The summed E-state index contributed by atoms with van der Waals surface area (Å²) >= 11 is 0. The zero-order valence-electron chi connectivity index (χ0n) is 36.7. The highest BCUT2D eigenvalue weighted by Crippen LogP contribution is 2.37. The second kappa shape index (κ2) is 21.0. The lowest BCUT2D eigenvalue weighted by Crippen LogP contribution is -2.68. The number of amides is 4. The van der Waals surface area contributed by atoms with Gasteiger partial charge in [0.1, 0.15) is 36.0 Å². The van der Waals surface area contributed by atoms with Crippen LogP contribution in [0.5, 0.6) is 5.75 Å². The van der Waals surface area contributed by atoms with Gasteiger partial charge in [0, 0.05) is 25.8 Å². The van der Waals surface area contributed by atoms with Crippen molar-refractivity contribution >= 4 is 48.1 Å². The normalized spacial score (nSPS) is 20.5. The molecule has 12 heteroatoms. The third kappa shape index (κ3) is 11.1. The van der Waals surface area contributed by atoms with Crippen LogP contribution in [0.25, 0.3) is 0 Å². The fraction of sp³-hybridized carbons (Fsp3) is 0.420. The molecule has 2 fully saturated rings. The van der Waals surface area contributed by atoms with Gasteiger partial charge in [0.15, 0.2) is 5.78 Å². The summed E-state index contributed by atoms with van der Waals surface area (Å²) in [5.41, 5.74) is 1.64. The molecule has 0 radical (unpaired) electrons. The molecule has 4 amide bonds. The van der Waals surface area contributed by atoms with Gasteiger partial charge < -0.3 is 30.0 Å². The van der Waals surface area contributed by atoms with Crippen LogP contribution < -0.4 is 31.1 Å². The molecule has 11 nitrogen and oxygen atoms in total. The first kappa shape index (κ1) is 45.9. The third-order valence-corrected chi connectivity index (χ3v) is 17.4. The van der Waals surface area contributed by atoms with Crippen molar-refractivity contribution in [1.82, 2.24) is 20.9 Å². The number of ether oxygens (including phenoxy) is 1. The molecule has 4 aromatic rings. The number of benzene rings is 4. The minimum Gasteiger partial charge on any atom is -0.497 e. The molecule has 0 bridgehead atoms. The Morgan fingerprint density at radius 1 is 0.694 bits per heavy atom. The average molecular weight is 859 g/mol. The largest absolute Gasteiger partial charge is 0.497 e. The summed E-state index contributed by atoms with van der Waals surface area (Å²) in [4.78, 5) is 71.9. The molecular formula is C50H62N4O7Si. The van der Waals surface area contributed by atoms with Gasteiger partial charge >= 0.3 is 0 Å². The number of carbonyl (C=O) groups excluding carboxylic acids is 5. The Labute approximate surface area is 367 Å². The van der Waals surface area contributed by atoms with Gasteiger partial charge in [-0.15, -0.1) is 0 Å². The van der Waals surface area contributed by atoms with Crippen LogP contribution in [0.15, 0.2) is 115 Å². The summed E-state index contributed by atoms with van der Waals surface area (Å²) in [6.45, 7) is 8.79. The van der Waals surface area contributed by atoms with Gasteiger partial charge in [-0.1, -0.05) is 137 Å². The van der Waals surface area contributed by atoms with E-state index in [9.17, 15) is 24.0 Å². The summed E-state index contributed by atoms with van der Waals surface area (Å²) < 4.78 is 12.4. The standard InChI is InChI=1S/C50H62N4O7Si/c1-35(61-62(50(2,3)4,39-21-12-7-13-22-39)40-23-14-8-15-24-40)45(55)27-17-9-16-25-41-46(56)52-42(33-37-28-30-38(60-5)31-29-37)47(57)53-43(34-36-19-10-6-11-20-36)49(59)54-32-18-26-44(54)48(58)51-41/h6-8,10-15,19-24,28-31,35,41-44H,9,16-18,25-27,32-34H2,1-5H3,(H,51,58)(H,52,56)(H,53,57)/t35-,41-,42+,43-,44+/m0/s1. The maximum atomic E-state index is 14.2. The summed E-state index contributed by atoms with van der Waals surface area (Å²) in [6.07, 6.45) is 3.14. The molecule has 6 rings (SSSR count). The van der Waals surface area contributed by atoms with Gasteiger partial charge in [-0.25, -0.2) is 0 Å². The lowest BCUT2D eigenvalue weighted by atomic mass is 9.99. The van der Waals surface area contributed by atoms with Gasteiger partial charge in [-0.3, -0.25) is 24.0 Å². The summed E-state index contributed by atoms with van der Waals surface area (Å²) in [7, 11) is -1.36. The molecule has 5 atom stereocenters. The molecule has 2 aliphatic heterocycles. The van der Waals surface area contributed by atoms with E-state index in [2.05, 4.69) is 61.0 Å². The molecule has 3 N–H and O–H groups in total. The van der Waals surface area contributed by atoms with Crippen molar-refractivity contribution in [2.45, 2.75) is 121 Å². The predicted molar refractivity (Wildman–Crippen MR) is 244 cm³/mol. The zero-order valence-corrected chi connectivity index (χ0v) is 37.7. The highest BCUT2D eigenvalue weighted by atomic mass is 28.4. The number of nitrogens with one attached hydrogen (secondary N) is 3. The lowest BCUT2D eigenvalue weighted by molar-refractivity contribution is -0.143. The summed E-state index contributed by atoms with van der Waals surface area (Å²) in [5, 5.41) is 10.8. The maximum absolute atomic E-state index is 14.2. The fourth-order valence-electron chi connectivity index (χ4n) is 8.89. The number of ketones is 1. The van der Waals surface area contributed by atoms with Gasteiger partial charge in [-0.2, -0.15) is 0 Å². The van der Waals surface area contributed by atoms with E-state index in [1.807, 2.05) is 85.8 Å². The van der Waals surface area contributed by atoms with Gasteiger partial charge in [0.2, 0.25) is 23.6 Å². The molecule has 4 aromatic carbocycles. The van der Waals surface area contributed by atoms with Gasteiger partial charge in [0.05, 0.1) is 7.11 Å². The van der Waals surface area contributed by atoms with E-state index >= 15 is 0 Å². The van der Waals surface area contributed by atoms with Crippen molar-refractivity contribution in [3.63, 3.8) is 0 Å². The molecule has 0 spiro atoms. The molecule has 0 aromatic heterocycles. The fourth-order valence-corrected chi connectivity index (χ4v) is 13.6. The number of rotatable bonds is 16. The molecular weight excluding hydrogens is 797 g/mol. The second-order valence-electron chi connectivity index (χ2n) is 17.6. The number of nitrogens with zero attached hydrogens (tertiary/aromatic N) is 1. The Balaban J connectivity index is 1.15. The Hall–Kier alpha value is -5.59. The molecule has 0 unspecified atom stereocenters. The molecule has 0 saturated carbocycles. The average Bonchev–Trinajstić information content (AvgIpc) is 3.78. The zero-order chi connectivity index (χ0) is 44.3. The van der Waals surface area contributed by atoms with Crippen LogP contribution in [0.2, 0.25) is 5.04 Å². The van der Waals surface area contributed by atoms with E-state index in [1.54, 1.807) is 24.1 Å². The summed E-state index contributed by atoms with van der Waals surface area (Å²) in [5.74, 6) is -1.02.